The first-order valence-corrected chi connectivity index (χ1v) is 11.2. The van der Waals surface area contributed by atoms with Gasteiger partial charge in [-0.1, -0.05) is 24.3 Å². The molecule has 8 heteroatoms. The Labute approximate surface area is 169 Å². The van der Waals surface area contributed by atoms with Crippen LogP contribution in [-0.2, 0) is 10.0 Å². The maximum Gasteiger partial charge on any atom is 0.243 e. The molecule has 2 atom stereocenters. The fourth-order valence-electron chi connectivity index (χ4n) is 4.68. The number of hydrogen-bond acceptors (Lipinski definition) is 4. The van der Waals surface area contributed by atoms with Crippen LogP contribution in [0.3, 0.4) is 0 Å². The van der Waals surface area contributed by atoms with Gasteiger partial charge in [-0.15, -0.1) is 0 Å². The molecule has 150 valence electrons. The van der Waals surface area contributed by atoms with Gasteiger partial charge in [0, 0.05) is 12.1 Å². The van der Waals surface area contributed by atoms with Crippen molar-refractivity contribution in [1.82, 2.24) is 19.3 Å². The summed E-state index contributed by atoms with van der Waals surface area (Å²) in [4.78, 5) is 2.02. The fourth-order valence-corrected chi connectivity index (χ4v) is 6.58. The average molecular weight is 412 g/mol. The lowest BCUT2D eigenvalue weighted by Crippen LogP contribution is -2.47. The number of halogens is 1. The Morgan fingerprint density at radius 2 is 1.31 bits per heavy atom. The minimum atomic E-state index is -3.57. The Morgan fingerprint density at radius 3 is 1.86 bits per heavy atom. The van der Waals surface area contributed by atoms with Gasteiger partial charge in [-0.25, -0.2) is 12.8 Å². The van der Waals surface area contributed by atoms with Crippen LogP contribution in [0.5, 0.6) is 0 Å². The van der Waals surface area contributed by atoms with E-state index < -0.39 is 10.0 Å². The predicted molar refractivity (Wildman–Crippen MR) is 106 cm³/mol. The number of piperidine rings is 1. The maximum atomic E-state index is 13.4. The van der Waals surface area contributed by atoms with Gasteiger partial charge < -0.3 is 0 Å². The van der Waals surface area contributed by atoms with Crippen molar-refractivity contribution in [2.45, 2.75) is 48.7 Å². The summed E-state index contributed by atoms with van der Waals surface area (Å²) in [7, 11) is -3.57. The number of aromatic nitrogens is 3. The molecule has 2 bridgehead atoms. The second kappa shape index (κ2) is 7.03. The van der Waals surface area contributed by atoms with E-state index in [0.717, 1.165) is 36.8 Å². The molecular weight excluding hydrogens is 391 g/mol. The van der Waals surface area contributed by atoms with Crippen LogP contribution in [0.2, 0.25) is 0 Å². The van der Waals surface area contributed by atoms with Gasteiger partial charge in [-0.3, -0.25) is 0 Å². The largest absolute Gasteiger partial charge is 0.243 e. The molecular formula is C21H21FN4O2S. The van der Waals surface area contributed by atoms with E-state index in [0.29, 0.717) is 4.90 Å². The molecule has 0 saturated carbocycles. The molecule has 3 heterocycles. The van der Waals surface area contributed by atoms with E-state index in [1.807, 2.05) is 0 Å². The summed E-state index contributed by atoms with van der Waals surface area (Å²) in [5, 5.41) is 8.48. The number of benzene rings is 2. The molecule has 29 heavy (non-hydrogen) atoms. The summed E-state index contributed by atoms with van der Waals surface area (Å²) in [6, 6.07) is 13.1. The first-order chi connectivity index (χ1) is 14.0. The fraction of sp³-hybridized carbons (Fsp3) is 0.333. The molecule has 1 aromatic heterocycles. The normalized spacial score (nSPS) is 24.7. The molecule has 5 rings (SSSR count). The summed E-state index contributed by atoms with van der Waals surface area (Å²) >= 11 is 0. The Bertz CT molecular complexity index is 1080. The van der Waals surface area contributed by atoms with E-state index in [4.69, 9.17) is 0 Å². The monoisotopic (exact) mass is 412 g/mol. The third kappa shape index (κ3) is 3.26. The molecule has 0 amide bonds. The summed E-state index contributed by atoms with van der Waals surface area (Å²) in [6.07, 6.45) is 6.53. The van der Waals surface area contributed by atoms with E-state index in [1.54, 1.807) is 57.9 Å². The third-order valence-electron chi connectivity index (χ3n) is 6.01. The lowest BCUT2D eigenvalue weighted by molar-refractivity contribution is 0.174. The molecule has 2 aliphatic heterocycles. The summed E-state index contributed by atoms with van der Waals surface area (Å²) in [5.41, 5.74) is 1.71. The molecule has 2 aliphatic rings. The maximum absolute atomic E-state index is 13.4. The predicted octanol–water partition coefficient (Wildman–Crippen LogP) is 3.64. The van der Waals surface area contributed by atoms with E-state index in [-0.39, 0.29) is 23.9 Å². The van der Waals surface area contributed by atoms with Gasteiger partial charge >= 0.3 is 0 Å². The number of hydrogen-bond donors (Lipinski definition) is 0. The van der Waals surface area contributed by atoms with Crippen molar-refractivity contribution in [3.63, 3.8) is 0 Å². The molecule has 6 nitrogen and oxygen atoms in total. The molecule has 2 saturated heterocycles. The molecule has 0 radical (unpaired) electrons. The van der Waals surface area contributed by atoms with Crippen LogP contribution in [-0.4, -0.2) is 39.8 Å². The van der Waals surface area contributed by atoms with Crippen molar-refractivity contribution in [3.05, 3.63) is 66.7 Å². The molecule has 0 spiro atoms. The van der Waals surface area contributed by atoms with Crippen LogP contribution < -0.4 is 0 Å². The van der Waals surface area contributed by atoms with Gasteiger partial charge in [0.1, 0.15) is 5.82 Å². The lowest BCUT2D eigenvalue weighted by atomic mass is 10.0. The lowest BCUT2D eigenvalue weighted by Gasteiger charge is -2.37. The highest BCUT2D eigenvalue weighted by molar-refractivity contribution is 7.89. The smallest absolute Gasteiger partial charge is 0.207 e. The van der Waals surface area contributed by atoms with Crippen LogP contribution in [0.1, 0.15) is 31.7 Å². The molecule has 2 fully saturated rings. The second-order valence-electron chi connectivity index (χ2n) is 7.73. The number of nitrogens with zero attached hydrogens (tertiary/aromatic N) is 4. The highest BCUT2D eigenvalue weighted by Crippen LogP contribution is 2.43. The molecule has 0 aliphatic carbocycles. The SMILES string of the molecule is O=S(=O)(c1ccc(-c2ccc(F)cc2)cc1)N1C2CCC1CC(n1nccn1)C2. The van der Waals surface area contributed by atoms with Crippen LogP contribution in [0.4, 0.5) is 4.39 Å². The average Bonchev–Trinajstić information content (AvgIpc) is 3.36. The van der Waals surface area contributed by atoms with E-state index in [2.05, 4.69) is 10.2 Å². The van der Waals surface area contributed by atoms with E-state index in [1.165, 1.54) is 12.1 Å². The zero-order valence-electron chi connectivity index (χ0n) is 15.7. The van der Waals surface area contributed by atoms with Crippen molar-refractivity contribution in [2.24, 2.45) is 0 Å². The Kier molecular flexibility index (Phi) is 4.48. The number of sulfonamides is 1. The summed E-state index contributed by atoms with van der Waals surface area (Å²) in [6.45, 7) is 0. The van der Waals surface area contributed by atoms with Gasteiger partial charge in [-0.05, 0) is 61.1 Å². The standard InChI is InChI=1S/C21H21FN4O2S/c22-17-5-1-15(2-6-17)16-3-9-21(10-4-16)29(27,28)25-18-7-8-19(25)14-20(13-18)26-23-11-12-24-26/h1-6,9-12,18-20H,7-8,13-14H2. The van der Waals surface area contributed by atoms with Gasteiger partial charge in [0.2, 0.25) is 10.0 Å². The van der Waals surface area contributed by atoms with Crippen molar-refractivity contribution >= 4 is 10.0 Å². The van der Waals surface area contributed by atoms with Gasteiger partial charge in [-0.2, -0.15) is 19.3 Å². The zero-order chi connectivity index (χ0) is 20.0. The molecule has 2 unspecified atom stereocenters. The van der Waals surface area contributed by atoms with Gasteiger partial charge in [0.05, 0.1) is 23.3 Å². The summed E-state index contributed by atoms with van der Waals surface area (Å²) in [5.74, 6) is -0.294. The second-order valence-corrected chi connectivity index (χ2v) is 9.57. The van der Waals surface area contributed by atoms with Crippen LogP contribution >= 0.6 is 0 Å². The van der Waals surface area contributed by atoms with Crippen molar-refractivity contribution in [1.29, 1.82) is 0 Å². The Balaban J connectivity index is 1.39. The van der Waals surface area contributed by atoms with Gasteiger partial charge in [0.15, 0.2) is 0 Å². The minimum absolute atomic E-state index is 0.0217. The Morgan fingerprint density at radius 1 is 0.793 bits per heavy atom. The first kappa shape index (κ1) is 18.4. The Hall–Kier alpha value is -2.58. The van der Waals surface area contributed by atoms with Crippen LogP contribution in [0.25, 0.3) is 11.1 Å². The molecule has 2 aromatic carbocycles. The first-order valence-electron chi connectivity index (χ1n) is 9.78. The summed E-state index contributed by atoms with van der Waals surface area (Å²) < 4.78 is 41.6. The highest BCUT2D eigenvalue weighted by Gasteiger charge is 2.48. The van der Waals surface area contributed by atoms with Crippen molar-refractivity contribution in [2.75, 3.05) is 0 Å². The van der Waals surface area contributed by atoms with Crippen LogP contribution in [0.15, 0.2) is 65.8 Å². The topological polar surface area (TPSA) is 68.1 Å². The highest BCUT2D eigenvalue weighted by atomic mass is 32.2. The molecule has 3 aromatic rings. The minimum Gasteiger partial charge on any atom is -0.207 e. The van der Waals surface area contributed by atoms with E-state index in [9.17, 15) is 12.8 Å². The number of fused-ring (bicyclic) bond motifs is 2. The third-order valence-corrected chi connectivity index (χ3v) is 8.03. The quantitative estimate of drug-likeness (QED) is 0.656. The van der Waals surface area contributed by atoms with Gasteiger partial charge in [0.25, 0.3) is 0 Å². The van der Waals surface area contributed by atoms with Crippen molar-refractivity contribution in [3.8, 4) is 11.1 Å². The van der Waals surface area contributed by atoms with Crippen molar-refractivity contribution < 1.29 is 12.8 Å². The van der Waals surface area contributed by atoms with Crippen LogP contribution in [0, 0.1) is 5.82 Å². The molecule has 0 N–H and O–H groups in total. The number of rotatable bonds is 4. The van der Waals surface area contributed by atoms with E-state index >= 15 is 0 Å². The zero-order valence-corrected chi connectivity index (χ0v) is 16.5.